The highest BCUT2D eigenvalue weighted by atomic mass is 16.4. The van der Waals surface area contributed by atoms with Gasteiger partial charge in [0.05, 0.1) is 6.10 Å². The van der Waals surface area contributed by atoms with Gasteiger partial charge in [-0.25, -0.2) is 0 Å². The van der Waals surface area contributed by atoms with Gasteiger partial charge in [0.25, 0.3) is 0 Å². The summed E-state index contributed by atoms with van der Waals surface area (Å²) < 4.78 is 0. The van der Waals surface area contributed by atoms with E-state index in [2.05, 4.69) is 5.32 Å². The number of carboxylic acids is 1. The van der Waals surface area contributed by atoms with Gasteiger partial charge in [-0.3, -0.25) is 9.59 Å². The van der Waals surface area contributed by atoms with Crippen molar-refractivity contribution in [3.05, 3.63) is 41.0 Å². The SMILES string of the molecule is Cc1ccccc1NCC(O)CCC1=C(CCCCCCC(=O)O)C(=O)CC1. The molecule has 0 bridgehead atoms. The molecule has 5 heteroatoms. The van der Waals surface area contributed by atoms with Crippen molar-refractivity contribution in [3.8, 4) is 0 Å². The van der Waals surface area contributed by atoms with Crippen LogP contribution in [0.2, 0.25) is 0 Å². The van der Waals surface area contributed by atoms with Crippen molar-refractivity contribution in [2.45, 2.75) is 77.2 Å². The number of hydrogen-bond donors (Lipinski definition) is 3. The van der Waals surface area contributed by atoms with Crippen molar-refractivity contribution >= 4 is 17.4 Å². The number of para-hydroxylation sites is 1. The maximum Gasteiger partial charge on any atom is 0.303 e. The zero-order valence-corrected chi connectivity index (χ0v) is 16.9. The normalized spacial score (nSPS) is 15.1. The van der Waals surface area contributed by atoms with Gasteiger partial charge in [0.2, 0.25) is 0 Å². The number of benzene rings is 1. The highest BCUT2D eigenvalue weighted by Gasteiger charge is 2.22. The van der Waals surface area contributed by atoms with Crippen LogP contribution in [0.1, 0.15) is 69.8 Å². The molecule has 1 aromatic rings. The van der Waals surface area contributed by atoms with Gasteiger partial charge in [-0.1, -0.05) is 36.6 Å². The largest absolute Gasteiger partial charge is 0.481 e. The van der Waals surface area contributed by atoms with E-state index in [-0.39, 0.29) is 12.2 Å². The van der Waals surface area contributed by atoms with Gasteiger partial charge in [0.15, 0.2) is 5.78 Å². The number of nitrogens with one attached hydrogen (secondary N) is 1. The fourth-order valence-corrected chi connectivity index (χ4v) is 3.73. The molecule has 1 aromatic carbocycles. The Morgan fingerprint density at radius 3 is 2.61 bits per heavy atom. The molecule has 154 valence electrons. The Hall–Kier alpha value is -2.14. The van der Waals surface area contributed by atoms with E-state index >= 15 is 0 Å². The smallest absolute Gasteiger partial charge is 0.303 e. The highest BCUT2D eigenvalue weighted by Crippen LogP contribution is 2.30. The standard InChI is InChI=1S/C23H33NO4/c1-17-8-6-7-10-21(17)24-16-19(25)14-12-18-13-15-22(26)20(18)9-4-2-3-5-11-23(27)28/h6-8,10,19,24-25H,2-5,9,11-16H2,1H3,(H,27,28). The van der Waals surface area contributed by atoms with Crippen molar-refractivity contribution in [1.29, 1.82) is 0 Å². The van der Waals surface area contributed by atoms with E-state index in [9.17, 15) is 14.7 Å². The number of ketones is 1. The van der Waals surface area contributed by atoms with Crippen LogP contribution in [0.3, 0.4) is 0 Å². The van der Waals surface area contributed by atoms with E-state index < -0.39 is 12.1 Å². The maximum absolute atomic E-state index is 12.2. The molecule has 3 N–H and O–H groups in total. The number of anilines is 1. The van der Waals surface area contributed by atoms with Gasteiger partial charge in [-0.2, -0.15) is 0 Å². The van der Waals surface area contributed by atoms with Crippen LogP contribution < -0.4 is 5.32 Å². The van der Waals surface area contributed by atoms with Gasteiger partial charge >= 0.3 is 5.97 Å². The minimum Gasteiger partial charge on any atom is -0.481 e. The lowest BCUT2D eigenvalue weighted by Crippen LogP contribution is -2.20. The number of carboxylic acid groups (broad SMARTS) is 1. The Bertz CT molecular complexity index is 696. The fourth-order valence-electron chi connectivity index (χ4n) is 3.73. The first kappa shape index (κ1) is 22.2. The molecule has 0 aliphatic heterocycles. The first-order valence-electron chi connectivity index (χ1n) is 10.4. The maximum atomic E-state index is 12.2. The second-order valence-electron chi connectivity index (χ2n) is 7.70. The van der Waals surface area contributed by atoms with E-state index in [4.69, 9.17) is 5.11 Å². The van der Waals surface area contributed by atoms with Gasteiger partial charge < -0.3 is 15.5 Å². The Morgan fingerprint density at radius 2 is 1.86 bits per heavy atom. The number of aliphatic carboxylic acids is 1. The average molecular weight is 388 g/mol. The van der Waals surface area contributed by atoms with Crippen LogP contribution in [0, 0.1) is 6.92 Å². The lowest BCUT2D eigenvalue weighted by atomic mass is 9.98. The predicted octanol–water partition coefficient (Wildman–Crippen LogP) is 4.63. The predicted molar refractivity (Wildman–Crippen MR) is 112 cm³/mol. The van der Waals surface area contributed by atoms with Gasteiger partial charge in [-0.05, 0) is 62.7 Å². The van der Waals surface area contributed by atoms with Crippen LogP contribution in [0.25, 0.3) is 0 Å². The molecule has 0 aromatic heterocycles. The third kappa shape index (κ3) is 7.47. The van der Waals surface area contributed by atoms with E-state index in [1.165, 1.54) is 5.57 Å². The Balaban J connectivity index is 1.73. The van der Waals surface area contributed by atoms with Gasteiger partial charge in [-0.15, -0.1) is 0 Å². The number of allylic oxidation sites excluding steroid dienone is 2. The quantitative estimate of drug-likeness (QED) is 0.430. The number of carbonyl (C=O) groups is 2. The van der Waals surface area contributed by atoms with Crippen LogP contribution in [0.15, 0.2) is 35.4 Å². The average Bonchev–Trinajstić information content (AvgIpc) is 3.01. The van der Waals surface area contributed by atoms with Crippen molar-refractivity contribution in [1.82, 2.24) is 0 Å². The molecule has 1 aliphatic carbocycles. The number of hydrogen-bond acceptors (Lipinski definition) is 4. The lowest BCUT2D eigenvalue weighted by Gasteiger charge is -2.15. The Labute approximate surface area is 167 Å². The third-order valence-corrected chi connectivity index (χ3v) is 5.44. The summed E-state index contributed by atoms with van der Waals surface area (Å²) in [5.41, 5.74) is 4.38. The molecule has 0 fully saturated rings. The van der Waals surface area contributed by atoms with Gasteiger partial charge in [0.1, 0.15) is 0 Å². The molecule has 0 radical (unpaired) electrons. The summed E-state index contributed by atoms with van der Waals surface area (Å²) in [6.45, 7) is 2.54. The minimum absolute atomic E-state index is 0.224. The molecule has 0 saturated carbocycles. The fraction of sp³-hybridized carbons (Fsp3) is 0.565. The number of unbranched alkanes of at least 4 members (excludes halogenated alkanes) is 3. The zero-order valence-electron chi connectivity index (χ0n) is 16.9. The molecule has 0 spiro atoms. The molecular formula is C23H33NO4. The third-order valence-electron chi connectivity index (χ3n) is 5.44. The molecule has 0 amide bonds. The summed E-state index contributed by atoms with van der Waals surface area (Å²) in [5, 5.41) is 22.3. The summed E-state index contributed by atoms with van der Waals surface area (Å²) in [5.74, 6) is -0.487. The molecule has 1 atom stereocenters. The van der Waals surface area contributed by atoms with Crippen LogP contribution >= 0.6 is 0 Å². The molecule has 1 aliphatic rings. The van der Waals surface area contributed by atoms with E-state index in [1.54, 1.807) is 0 Å². The molecular weight excluding hydrogens is 354 g/mol. The molecule has 2 rings (SSSR count). The van der Waals surface area contributed by atoms with Crippen molar-refractivity contribution in [2.24, 2.45) is 0 Å². The molecule has 1 unspecified atom stereocenters. The number of aliphatic hydroxyl groups is 1. The minimum atomic E-state index is -0.744. The van der Waals surface area contributed by atoms with E-state index in [0.29, 0.717) is 25.8 Å². The molecule has 0 saturated heterocycles. The van der Waals surface area contributed by atoms with Crippen molar-refractivity contribution in [3.63, 3.8) is 0 Å². The zero-order chi connectivity index (χ0) is 20.4. The molecule has 0 heterocycles. The topological polar surface area (TPSA) is 86.6 Å². The second-order valence-corrected chi connectivity index (χ2v) is 7.70. The molecule has 5 nitrogen and oxygen atoms in total. The van der Waals surface area contributed by atoms with Crippen LogP contribution in [-0.2, 0) is 9.59 Å². The number of Topliss-reactive ketones (excluding diaryl/α,β-unsaturated/α-hetero) is 1. The Kier molecular flexibility index (Phi) is 9.21. The van der Waals surface area contributed by atoms with Crippen LogP contribution in [0.5, 0.6) is 0 Å². The number of carbonyl (C=O) groups excluding carboxylic acids is 1. The number of aryl methyl sites for hydroxylation is 1. The number of aliphatic hydroxyl groups excluding tert-OH is 1. The van der Waals surface area contributed by atoms with Crippen LogP contribution in [0.4, 0.5) is 5.69 Å². The summed E-state index contributed by atoms with van der Waals surface area (Å²) >= 11 is 0. The summed E-state index contributed by atoms with van der Waals surface area (Å²) in [6, 6.07) is 8.02. The van der Waals surface area contributed by atoms with Crippen molar-refractivity contribution < 1.29 is 19.8 Å². The lowest BCUT2D eigenvalue weighted by molar-refractivity contribution is -0.137. The second kappa shape index (κ2) is 11.6. The first-order chi connectivity index (χ1) is 13.5. The van der Waals surface area contributed by atoms with E-state index in [0.717, 1.165) is 55.3 Å². The van der Waals surface area contributed by atoms with Gasteiger partial charge in [0, 0.05) is 25.1 Å². The van der Waals surface area contributed by atoms with E-state index in [1.807, 2.05) is 31.2 Å². The summed E-state index contributed by atoms with van der Waals surface area (Å²) in [6.07, 6.45) is 6.91. The number of rotatable bonds is 13. The summed E-state index contributed by atoms with van der Waals surface area (Å²) in [4.78, 5) is 22.7. The monoisotopic (exact) mass is 387 g/mol. The summed E-state index contributed by atoms with van der Waals surface area (Å²) in [7, 11) is 0. The highest BCUT2D eigenvalue weighted by molar-refractivity contribution is 5.98. The van der Waals surface area contributed by atoms with Crippen LogP contribution in [-0.4, -0.2) is 34.6 Å². The Morgan fingerprint density at radius 1 is 1.11 bits per heavy atom. The van der Waals surface area contributed by atoms with Crippen molar-refractivity contribution in [2.75, 3.05) is 11.9 Å². The molecule has 28 heavy (non-hydrogen) atoms. The first-order valence-corrected chi connectivity index (χ1v) is 10.4.